The van der Waals surface area contributed by atoms with Crippen molar-refractivity contribution in [3.63, 3.8) is 0 Å². The Morgan fingerprint density at radius 2 is 2.07 bits per heavy atom. The monoisotopic (exact) mass is 198 g/mol. The van der Waals surface area contributed by atoms with Gasteiger partial charge in [-0.1, -0.05) is 26.0 Å². The Labute approximate surface area is 86.8 Å². The number of carbonyl (C=O) groups excluding carboxylic acids is 1. The summed E-state index contributed by atoms with van der Waals surface area (Å²) in [6.45, 7) is 10.8. The molecule has 0 radical (unpaired) electrons. The summed E-state index contributed by atoms with van der Waals surface area (Å²) in [5.74, 6) is 0.484. The van der Waals surface area contributed by atoms with Gasteiger partial charge >= 0.3 is 0 Å². The molecular formula is C11H22N2O. The molecule has 0 saturated heterocycles. The lowest BCUT2D eigenvalue weighted by atomic mass is 9.96. The van der Waals surface area contributed by atoms with Crippen molar-refractivity contribution in [2.75, 3.05) is 13.1 Å². The fourth-order valence-corrected chi connectivity index (χ4v) is 1.26. The zero-order chi connectivity index (χ0) is 11.1. The topological polar surface area (TPSA) is 55.1 Å². The summed E-state index contributed by atoms with van der Waals surface area (Å²) in [4.78, 5) is 11.6. The lowest BCUT2D eigenvalue weighted by molar-refractivity contribution is -0.125. The van der Waals surface area contributed by atoms with Crippen LogP contribution >= 0.6 is 0 Å². The maximum atomic E-state index is 11.6. The third-order valence-electron chi connectivity index (χ3n) is 1.98. The molecular weight excluding hydrogens is 176 g/mol. The second-order valence-corrected chi connectivity index (χ2v) is 4.24. The van der Waals surface area contributed by atoms with Gasteiger partial charge in [-0.3, -0.25) is 4.79 Å². The number of hydrogen-bond donors (Lipinski definition) is 2. The first-order valence-electron chi connectivity index (χ1n) is 5.09. The Bertz CT molecular complexity index is 199. The van der Waals surface area contributed by atoms with Gasteiger partial charge in [0.2, 0.25) is 5.91 Å². The molecule has 0 aromatic heterocycles. The van der Waals surface area contributed by atoms with Crippen LogP contribution in [0.2, 0.25) is 0 Å². The molecule has 0 saturated carbocycles. The minimum absolute atomic E-state index is 0.0456. The first-order chi connectivity index (χ1) is 6.47. The maximum Gasteiger partial charge on any atom is 0.224 e. The molecule has 1 amide bonds. The Morgan fingerprint density at radius 3 is 2.43 bits per heavy atom. The number of hydrogen-bond acceptors (Lipinski definition) is 2. The van der Waals surface area contributed by atoms with Crippen molar-refractivity contribution in [1.29, 1.82) is 0 Å². The normalized spacial score (nSPS) is 12.6. The molecule has 0 aliphatic heterocycles. The molecule has 0 aromatic rings. The summed E-state index contributed by atoms with van der Waals surface area (Å²) in [6.07, 6.45) is 0.846. The van der Waals surface area contributed by atoms with Crippen molar-refractivity contribution in [2.24, 2.45) is 17.6 Å². The van der Waals surface area contributed by atoms with Crippen LogP contribution in [0.25, 0.3) is 0 Å². The molecule has 0 bridgehead atoms. The minimum atomic E-state index is -0.0608. The van der Waals surface area contributed by atoms with Gasteiger partial charge in [0.1, 0.15) is 0 Å². The molecule has 3 N–H and O–H groups in total. The van der Waals surface area contributed by atoms with Gasteiger partial charge in [-0.15, -0.1) is 0 Å². The lowest BCUT2D eigenvalue weighted by Gasteiger charge is -2.16. The van der Waals surface area contributed by atoms with Gasteiger partial charge in [-0.05, 0) is 19.3 Å². The van der Waals surface area contributed by atoms with Gasteiger partial charge in [0, 0.05) is 13.1 Å². The molecule has 0 aliphatic rings. The van der Waals surface area contributed by atoms with Gasteiger partial charge in [-0.25, -0.2) is 0 Å². The zero-order valence-corrected chi connectivity index (χ0v) is 9.47. The summed E-state index contributed by atoms with van der Waals surface area (Å²) >= 11 is 0. The van der Waals surface area contributed by atoms with E-state index in [4.69, 9.17) is 5.73 Å². The number of carbonyl (C=O) groups is 1. The van der Waals surface area contributed by atoms with E-state index in [1.165, 1.54) is 0 Å². The average molecular weight is 198 g/mol. The number of nitrogens with one attached hydrogen (secondary N) is 1. The molecule has 0 spiro atoms. The third kappa shape index (κ3) is 5.75. The highest BCUT2D eigenvalue weighted by molar-refractivity contribution is 5.79. The van der Waals surface area contributed by atoms with E-state index in [0.717, 1.165) is 12.0 Å². The molecule has 3 nitrogen and oxygen atoms in total. The molecule has 0 aromatic carbocycles. The van der Waals surface area contributed by atoms with Crippen LogP contribution in [0.3, 0.4) is 0 Å². The van der Waals surface area contributed by atoms with E-state index in [1.807, 2.05) is 6.92 Å². The second kappa shape index (κ2) is 6.60. The molecule has 1 unspecified atom stereocenters. The Kier molecular flexibility index (Phi) is 6.21. The summed E-state index contributed by atoms with van der Waals surface area (Å²) in [6, 6.07) is 0. The first kappa shape index (κ1) is 13.2. The number of rotatable bonds is 6. The largest absolute Gasteiger partial charge is 0.352 e. The van der Waals surface area contributed by atoms with Gasteiger partial charge in [0.25, 0.3) is 0 Å². The van der Waals surface area contributed by atoms with Gasteiger partial charge in [0.15, 0.2) is 0 Å². The Hall–Kier alpha value is -0.830. The average Bonchev–Trinajstić information content (AvgIpc) is 2.09. The fraction of sp³-hybridized carbons (Fsp3) is 0.727. The van der Waals surface area contributed by atoms with Crippen LogP contribution in [0.4, 0.5) is 0 Å². The van der Waals surface area contributed by atoms with Crippen LogP contribution in [0.1, 0.15) is 27.2 Å². The molecule has 0 fully saturated rings. The van der Waals surface area contributed by atoms with Crippen molar-refractivity contribution in [3.05, 3.63) is 12.2 Å². The molecule has 14 heavy (non-hydrogen) atoms. The van der Waals surface area contributed by atoms with E-state index >= 15 is 0 Å². The van der Waals surface area contributed by atoms with Crippen molar-refractivity contribution in [1.82, 2.24) is 5.32 Å². The van der Waals surface area contributed by atoms with E-state index in [2.05, 4.69) is 25.7 Å². The van der Waals surface area contributed by atoms with Crippen molar-refractivity contribution >= 4 is 5.91 Å². The summed E-state index contributed by atoms with van der Waals surface area (Å²) in [7, 11) is 0. The van der Waals surface area contributed by atoms with E-state index in [9.17, 15) is 4.79 Å². The summed E-state index contributed by atoms with van der Waals surface area (Å²) in [5.41, 5.74) is 6.50. The van der Waals surface area contributed by atoms with Crippen molar-refractivity contribution in [3.8, 4) is 0 Å². The van der Waals surface area contributed by atoms with Crippen LogP contribution in [0, 0.1) is 11.8 Å². The van der Waals surface area contributed by atoms with Gasteiger partial charge in [0.05, 0.1) is 5.92 Å². The van der Waals surface area contributed by atoms with E-state index < -0.39 is 0 Å². The van der Waals surface area contributed by atoms with E-state index in [1.54, 1.807) is 0 Å². The first-order valence-corrected chi connectivity index (χ1v) is 5.09. The highest BCUT2D eigenvalue weighted by Crippen LogP contribution is 2.10. The molecule has 0 aliphatic carbocycles. The predicted octanol–water partition coefficient (Wildman–Crippen LogP) is 1.30. The molecule has 3 heteroatoms. The lowest BCUT2D eigenvalue weighted by Crippen LogP contribution is -2.36. The number of amides is 1. The summed E-state index contributed by atoms with van der Waals surface area (Å²) < 4.78 is 0. The molecule has 1 atom stereocenters. The number of nitrogens with two attached hydrogens (primary N) is 1. The summed E-state index contributed by atoms with van der Waals surface area (Å²) in [5, 5.41) is 2.82. The van der Waals surface area contributed by atoms with E-state index in [-0.39, 0.29) is 11.8 Å². The SMILES string of the molecule is C=C(C)CNC(=O)C(CN)CC(C)C. The highest BCUT2D eigenvalue weighted by atomic mass is 16.1. The van der Waals surface area contributed by atoms with Crippen molar-refractivity contribution < 1.29 is 4.79 Å². The molecule has 82 valence electrons. The van der Waals surface area contributed by atoms with Crippen LogP contribution in [0.15, 0.2) is 12.2 Å². The van der Waals surface area contributed by atoms with Gasteiger partial charge in [-0.2, -0.15) is 0 Å². The fourth-order valence-electron chi connectivity index (χ4n) is 1.26. The van der Waals surface area contributed by atoms with E-state index in [0.29, 0.717) is 19.0 Å². The van der Waals surface area contributed by atoms with Crippen LogP contribution < -0.4 is 11.1 Å². The molecule has 0 rings (SSSR count). The predicted molar refractivity (Wildman–Crippen MR) is 59.8 cm³/mol. The Morgan fingerprint density at radius 1 is 1.50 bits per heavy atom. The highest BCUT2D eigenvalue weighted by Gasteiger charge is 2.17. The zero-order valence-electron chi connectivity index (χ0n) is 9.47. The van der Waals surface area contributed by atoms with Crippen LogP contribution in [0.5, 0.6) is 0 Å². The third-order valence-corrected chi connectivity index (χ3v) is 1.98. The minimum Gasteiger partial charge on any atom is -0.352 e. The van der Waals surface area contributed by atoms with Crippen LogP contribution in [-0.4, -0.2) is 19.0 Å². The maximum absolute atomic E-state index is 11.6. The van der Waals surface area contributed by atoms with Gasteiger partial charge < -0.3 is 11.1 Å². The van der Waals surface area contributed by atoms with Crippen molar-refractivity contribution in [2.45, 2.75) is 27.2 Å². The molecule has 0 heterocycles. The second-order valence-electron chi connectivity index (χ2n) is 4.24. The standard InChI is InChI=1S/C11H22N2O/c1-8(2)5-10(6-12)11(14)13-7-9(3)4/h8,10H,3,5-7,12H2,1-2,4H3,(H,13,14). The smallest absolute Gasteiger partial charge is 0.224 e. The van der Waals surface area contributed by atoms with Crippen LogP contribution in [-0.2, 0) is 4.79 Å². The Balaban J connectivity index is 3.97. The quantitative estimate of drug-likeness (QED) is 0.632.